The molecule has 46 heavy (non-hydrogen) atoms. The van der Waals surface area contributed by atoms with Gasteiger partial charge >= 0.3 is 0 Å². The molecule has 0 bridgehead atoms. The lowest BCUT2D eigenvalue weighted by Crippen LogP contribution is -2.23. The molecule has 9 rings (SSSR count). The Morgan fingerprint density at radius 3 is 2.15 bits per heavy atom. The van der Waals surface area contributed by atoms with Crippen LogP contribution in [0.15, 0.2) is 187 Å². The van der Waals surface area contributed by atoms with Crippen LogP contribution in [0.4, 0.5) is 0 Å². The molecule has 2 aliphatic rings. The van der Waals surface area contributed by atoms with Crippen LogP contribution >= 0.6 is 0 Å². The lowest BCUT2D eigenvalue weighted by atomic mass is 9.66. The zero-order valence-electron chi connectivity index (χ0n) is 44.9. The summed E-state index contributed by atoms with van der Waals surface area (Å²) in [5.74, 6) is -3.14. The fourth-order valence-corrected chi connectivity index (χ4v) is 6.16. The summed E-state index contributed by atoms with van der Waals surface area (Å²) in [5.41, 5.74) is -2.04. The van der Waals surface area contributed by atoms with Crippen LogP contribution in [-0.2, 0) is 0 Å². The number of rotatable bonds is 4. The van der Waals surface area contributed by atoms with E-state index in [-0.39, 0.29) is 49.7 Å². The molecule has 0 spiro atoms. The molecule has 0 N–H and O–H groups in total. The first kappa shape index (κ1) is 12.9. The van der Waals surface area contributed by atoms with Gasteiger partial charge in [0.25, 0.3) is 0 Å². The van der Waals surface area contributed by atoms with E-state index in [2.05, 4.69) is 0 Å². The maximum Gasteiger partial charge on any atom is 0.0636 e. The second kappa shape index (κ2) is 11.0. The minimum atomic E-state index is -1.62. The van der Waals surface area contributed by atoms with Gasteiger partial charge in [0.2, 0.25) is 0 Å². The molecule has 0 radical (unpaired) electrons. The minimum absolute atomic E-state index is 0.0169. The highest BCUT2D eigenvalue weighted by Crippen LogP contribution is 2.51. The molecule has 7 aromatic rings. The largest absolute Gasteiger partial charge is 0.0760 e. The van der Waals surface area contributed by atoms with Crippen LogP contribution in [0.3, 0.4) is 0 Å². The van der Waals surface area contributed by atoms with Crippen molar-refractivity contribution in [3.63, 3.8) is 0 Å². The number of benzene rings is 7. The van der Waals surface area contributed by atoms with Crippen LogP contribution < -0.4 is 0 Å². The summed E-state index contributed by atoms with van der Waals surface area (Å²) >= 11 is 0. The zero-order chi connectivity index (χ0) is 48.7. The van der Waals surface area contributed by atoms with Crippen LogP contribution in [0, 0.1) is 5.92 Å². The van der Waals surface area contributed by atoms with Crippen molar-refractivity contribution in [3.8, 4) is 22.3 Å². The molecule has 2 aliphatic carbocycles. The van der Waals surface area contributed by atoms with Crippen molar-refractivity contribution < 1.29 is 28.8 Å². The quantitative estimate of drug-likeness (QED) is 0.187. The molecule has 7 aromatic carbocycles. The first-order chi connectivity index (χ1) is 31.6. The lowest BCUT2D eigenvalue weighted by molar-refractivity contribution is 0.649. The van der Waals surface area contributed by atoms with Crippen LogP contribution in [0.2, 0.25) is 0 Å². The molecule has 216 valence electrons. The summed E-state index contributed by atoms with van der Waals surface area (Å²) in [6.07, 6.45) is 0. The van der Waals surface area contributed by atoms with E-state index >= 15 is 0 Å². The molecular formula is C46H32. The molecular weight excluding hydrogens is 553 g/mol. The summed E-state index contributed by atoms with van der Waals surface area (Å²) in [7, 11) is 0. The average Bonchev–Trinajstić information content (AvgIpc) is 3.30. The van der Waals surface area contributed by atoms with Gasteiger partial charge in [0.05, 0.1) is 28.8 Å². The summed E-state index contributed by atoms with van der Waals surface area (Å²) in [4.78, 5) is 0. The summed E-state index contributed by atoms with van der Waals surface area (Å²) in [6, 6.07) is 0.559. The molecule has 0 aromatic heterocycles. The molecule has 0 nitrogen and oxygen atoms in total. The normalized spacial score (nSPS) is 24.1. The van der Waals surface area contributed by atoms with E-state index in [0.717, 1.165) is 12.1 Å². The monoisotopic (exact) mass is 605 g/mol. The van der Waals surface area contributed by atoms with Gasteiger partial charge in [-0.2, -0.15) is 0 Å². The minimum Gasteiger partial charge on any atom is -0.0760 e. The van der Waals surface area contributed by atoms with Gasteiger partial charge in [0, 0.05) is 11.8 Å². The van der Waals surface area contributed by atoms with E-state index in [1.54, 1.807) is 42.5 Å². The first-order valence-electron chi connectivity index (χ1n) is 25.0. The van der Waals surface area contributed by atoms with Gasteiger partial charge in [-0.05, 0) is 89.3 Å². The maximum absolute atomic E-state index is 9.99. The fraction of sp³-hybridized carbons (Fsp3) is 0.0435. The highest BCUT2D eigenvalue weighted by molar-refractivity contribution is 6.01. The molecule has 0 heterocycles. The van der Waals surface area contributed by atoms with Crippen LogP contribution in [0.25, 0.3) is 49.4 Å². The second-order valence-corrected chi connectivity index (χ2v) is 10.8. The summed E-state index contributed by atoms with van der Waals surface area (Å²) in [5, 5.41) is 0.490. The standard InChI is InChI=1S/C46H32/c1-2-11-31(12-3-1)38-27-28-43-44(30-38)46(40-20-10-16-34-14-6-7-17-39(34)40)42-19-9-8-18-41(42)45(43)35-24-21-33(22-25-35)37-26-23-32-13-4-5-15-36(32)29-37/h1-30,41,45H/i1D,2D,3D,4D,5D,8D,9D,11D,12D,13D,15D,18D,19D,23D,24D,25D,26D,27D,28D,29D,30D. The first-order valence-corrected chi connectivity index (χ1v) is 14.5. The van der Waals surface area contributed by atoms with Crippen molar-refractivity contribution in [2.75, 3.05) is 0 Å². The van der Waals surface area contributed by atoms with Crippen molar-refractivity contribution in [1.29, 1.82) is 0 Å². The Bertz CT molecular complexity index is 3490. The van der Waals surface area contributed by atoms with Gasteiger partial charge in [0.1, 0.15) is 0 Å². The van der Waals surface area contributed by atoms with Gasteiger partial charge in [-0.1, -0.05) is 169 Å². The Labute approximate surface area is 299 Å². The van der Waals surface area contributed by atoms with E-state index in [1.807, 2.05) is 0 Å². The second-order valence-electron chi connectivity index (χ2n) is 10.8. The lowest BCUT2D eigenvalue weighted by Gasteiger charge is -2.37. The number of allylic oxidation sites excluding steroid dienone is 5. The van der Waals surface area contributed by atoms with Gasteiger partial charge in [-0.3, -0.25) is 0 Å². The number of hydrogen-bond acceptors (Lipinski definition) is 0. The Kier molecular flexibility index (Phi) is 3.10. The van der Waals surface area contributed by atoms with Gasteiger partial charge in [0.15, 0.2) is 0 Å². The van der Waals surface area contributed by atoms with Gasteiger partial charge < -0.3 is 0 Å². The highest BCUT2D eigenvalue weighted by Gasteiger charge is 2.36. The third kappa shape index (κ3) is 4.45. The number of fused-ring (bicyclic) bond motifs is 4. The molecule has 0 amide bonds. The Morgan fingerprint density at radius 1 is 0.500 bits per heavy atom. The summed E-state index contributed by atoms with van der Waals surface area (Å²) in [6.45, 7) is 0. The van der Waals surface area contributed by atoms with Gasteiger partial charge in [-0.25, -0.2) is 0 Å². The SMILES string of the molecule is [2H]C1=C([2H])C2=C(c3cccc4ccccc34)c3c([2H])c(-c4c([2H])c([2H])c([2H])c([2H])c4[2H])c([2H])c([2H])c3C(c3c([2H])cc(-c4c([2H])c([2H])c5c([2H])c([2H])c([2H])c([2H])c5c4[2H])cc3[2H])C2C([2H])=C1[2H]. The third-order valence-corrected chi connectivity index (χ3v) is 8.23. The number of hydrogen-bond donors (Lipinski definition) is 0. The average molecular weight is 606 g/mol. The van der Waals surface area contributed by atoms with E-state index in [1.165, 1.54) is 0 Å². The van der Waals surface area contributed by atoms with Gasteiger partial charge in [-0.15, -0.1) is 0 Å². The van der Waals surface area contributed by atoms with Crippen molar-refractivity contribution in [1.82, 2.24) is 0 Å². The smallest absolute Gasteiger partial charge is 0.0636 e. The van der Waals surface area contributed by atoms with Crippen molar-refractivity contribution >= 4 is 27.1 Å². The maximum atomic E-state index is 9.99. The molecule has 2 unspecified atom stereocenters. The van der Waals surface area contributed by atoms with E-state index in [9.17, 15) is 9.60 Å². The molecule has 0 saturated carbocycles. The Balaban J connectivity index is 1.44. The molecule has 2 atom stereocenters. The van der Waals surface area contributed by atoms with Crippen LogP contribution in [0.1, 0.15) is 57.0 Å². The molecule has 0 aliphatic heterocycles. The topological polar surface area (TPSA) is 0 Å². The van der Waals surface area contributed by atoms with Crippen molar-refractivity contribution in [2.45, 2.75) is 5.92 Å². The van der Waals surface area contributed by atoms with Crippen molar-refractivity contribution in [2.24, 2.45) is 5.92 Å². The van der Waals surface area contributed by atoms with E-state index in [4.69, 9.17) is 19.2 Å². The summed E-state index contributed by atoms with van der Waals surface area (Å²) < 4.78 is 188. The highest BCUT2D eigenvalue weighted by atomic mass is 14.4. The fourth-order valence-electron chi connectivity index (χ4n) is 6.16. The molecule has 0 saturated heterocycles. The van der Waals surface area contributed by atoms with Crippen molar-refractivity contribution in [3.05, 3.63) is 209 Å². The molecule has 0 heteroatoms. The van der Waals surface area contributed by atoms with E-state index < -0.39 is 150 Å². The molecule has 0 fully saturated rings. The third-order valence-electron chi connectivity index (χ3n) is 8.23. The predicted molar refractivity (Wildman–Crippen MR) is 195 cm³/mol. The van der Waals surface area contributed by atoms with Crippen LogP contribution in [-0.4, -0.2) is 0 Å². The predicted octanol–water partition coefficient (Wildman–Crippen LogP) is 12.0. The van der Waals surface area contributed by atoms with Crippen LogP contribution in [0.5, 0.6) is 0 Å². The zero-order valence-corrected chi connectivity index (χ0v) is 23.9. The Hall–Kier alpha value is -5.72. The van der Waals surface area contributed by atoms with E-state index in [0.29, 0.717) is 16.3 Å². The Morgan fingerprint density at radius 2 is 1.26 bits per heavy atom.